The highest BCUT2D eigenvalue weighted by Gasteiger charge is 2.31. The van der Waals surface area contributed by atoms with Crippen molar-refractivity contribution in [1.29, 1.82) is 0 Å². The lowest BCUT2D eigenvalue weighted by Crippen LogP contribution is -2.58. The van der Waals surface area contributed by atoms with Gasteiger partial charge in [0.2, 0.25) is 23.6 Å². The van der Waals surface area contributed by atoms with E-state index in [1.165, 1.54) is 19.1 Å². The molecule has 294 valence electrons. The van der Waals surface area contributed by atoms with Crippen LogP contribution in [0.1, 0.15) is 29.2 Å². The molecule has 0 aliphatic rings. The first-order chi connectivity index (χ1) is 27.4. The summed E-state index contributed by atoms with van der Waals surface area (Å²) in [7, 11) is 0. The van der Waals surface area contributed by atoms with E-state index in [0.29, 0.717) is 11.1 Å². The quantitative estimate of drug-likeness (QED) is 0.0668. The number of phenols is 1. The first-order valence-electron chi connectivity index (χ1n) is 18.6. The summed E-state index contributed by atoms with van der Waals surface area (Å²) in [6, 6.07) is 24.2. The van der Waals surface area contributed by atoms with E-state index in [2.05, 4.69) is 31.2 Å². The van der Waals surface area contributed by atoms with Gasteiger partial charge in [-0.3, -0.25) is 19.2 Å². The number of hydrogen-bond donors (Lipinski definition) is 9. The van der Waals surface area contributed by atoms with Crippen molar-refractivity contribution in [3.63, 3.8) is 0 Å². The number of aromatic hydroxyl groups is 1. The van der Waals surface area contributed by atoms with Gasteiger partial charge in [-0.2, -0.15) is 0 Å². The second kappa shape index (κ2) is 18.1. The molecule has 0 unspecified atom stereocenters. The number of carboxylic acids is 1. The summed E-state index contributed by atoms with van der Waals surface area (Å²) in [5, 5.41) is 32.1. The highest BCUT2D eigenvalue weighted by atomic mass is 16.4. The van der Waals surface area contributed by atoms with Crippen molar-refractivity contribution in [2.45, 2.75) is 62.8 Å². The van der Waals surface area contributed by atoms with Gasteiger partial charge in [0, 0.05) is 53.5 Å². The van der Waals surface area contributed by atoms with Crippen LogP contribution in [0.3, 0.4) is 0 Å². The Morgan fingerprint density at radius 1 is 0.561 bits per heavy atom. The third kappa shape index (κ3) is 10.2. The molecule has 4 aromatic carbocycles. The fourth-order valence-corrected chi connectivity index (χ4v) is 6.72. The van der Waals surface area contributed by atoms with Crippen LogP contribution in [-0.2, 0) is 49.7 Å². The number of fused-ring (bicyclic) bond motifs is 2. The topological polar surface area (TPSA) is 232 Å². The van der Waals surface area contributed by atoms with E-state index in [-0.39, 0.29) is 31.4 Å². The Morgan fingerprint density at radius 2 is 1.04 bits per heavy atom. The van der Waals surface area contributed by atoms with E-state index in [9.17, 15) is 34.2 Å². The van der Waals surface area contributed by atoms with Crippen LogP contribution in [0.4, 0.5) is 0 Å². The van der Waals surface area contributed by atoms with E-state index < -0.39 is 59.8 Å². The van der Waals surface area contributed by atoms with Crippen molar-refractivity contribution >= 4 is 51.4 Å². The van der Waals surface area contributed by atoms with Crippen LogP contribution < -0.4 is 27.0 Å². The minimum absolute atomic E-state index is 0.00759. The summed E-state index contributed by atoms with van der Waals surface area (Å²) in [4.78, 5) is 73.6. The summed E-state index contributed by atoms with van der Waals surface area (Å²) < 4.78 is 0. The van der Waals surface area contributed by atoms with Gasteiger partial charge in [-0.15, -0.1) is 0 Å². The molecular weight excluding hydrogens is 727 g/mol. The van der Waals surface area contributed by atoms with Gasteiger partial charge in [-0.05, 0) is 59.9 Å². The molecule has 2 heterocycles. The molecule has 0 saturated carbocycles. The van der Waals surface area contributed by atoms with Crippen molar-refractivity contribution in [2.24, 2.45) is 5.73 Å². The number of nitrogens with one attached hydrogen (secondary N) is 6. The SMILES string of the molecule is C[C@H](NC(=O)[C@H](Cc1c[nH]c2ccccc12)NC(=O)[C@@H](N)Cc1ccccc1)C(=O)N[C@@H](Cc1c[nH]c2ccccc12)C(=O)N[C@@H](Cc1ccc(O)cc1)C(=O)O. The van der Waals surface area contributed by atoms with Crippen LogP contribution in [0.15, 0.2) is 116 Å². The number of phenolic OH excluding ortho intramolecular Hbond substituents is 1. The van der Waals surface area contributed by atoms with Gasteiger partial charge in [0.15, 0.2) is 0 Å². The second-order valence-corrected chi connectivity index (χ2v) is 14.0. The molecule has 6 rings (SSSR count). The molecule has 14 nitrogen and oxygen atoms in total. The molecule has 57 heavy (non-hydrogen) atoms. The monoisotopic (exact) mass is 771 g/mol. The fraction of sp³-hybridized carbons (Fsp3) is 0.233. The van der Waals surface area contributed by atoms with Crippen molar-refractivity contribution in [3.8, 4) is 5.75 Å². The smallest absolute Gasteiger partial charge is 0.326 e. The maximum absolute atomic E-state index is 14.0. The number of carbonyl (C=O) groups excluding carboxylic acids is 4. The van der Waals surface area contributed by atoms with Gasteiger partial charge in [0.1, 0.15) is 29.9 Å². The number of carboxylic acid groups (broad SMARTS) is 1. The number of amides is 4. The maximum atomic E-state index is 14.0. The minimum atomic E-state index is -1.36. The number of benzene rings is 4. The van der Waals surface area contributed by atoms with Crippen molar-refractivity contribution in [2.75, 3.05) is 0 Å². The van der Waals surface area contributed by atoms with Crippen LogP contribution >= 0.6 is 0 Å². The Kier molecular flexibility index (Phi) is 12.6. The summed E-state index contributed by atoms with van der Waals surface area (Å²) in [6.07, 6.45) is 3.71. The Labute approximate surface area is 328 Å². The number of aromatic amines is 2. The molecule has 0 spiro atoms. The number of nitrogens with two attached hydrogens (primary N) is 1. The van der Waals surface area contributed by atoms with E-state index >= 15 is 0 Å². The van der Waals surface area contributed by atoms with Crippen molar-refractivity contribution in [3.05, 3.63) is 138 Å². The predicted octanol–water partition coefficient (Wildman–Crippen LogP) is 3.00. The number of rotatable bonds is 17. The third-order valence-electron chi connectivity index (χ3n) is 9.84. The van der Waals surface area contributed by atoms with Crippen molar-refractivity contribution < 1.29 is 34.2 Å². The number of aliphatic carboxylic acids is 1. The average molecular weight is 772 g/mol. The average Bonchev–Trinajstić information content (AvgIpc) is 3.81. The molecule has 14 heteroatoms. The third-order valence-corrected chi connectivity index (χ3v) is 9.84. The lowest BCUT2D eigenvalue weighted by atomic mass is 10.0. The van der Waals surface area contributed by atoms with E-state index in [1.54, 1.807) is 24.5 Å². The van der Waals surface area contributed by atoms with Crippen molar-refractivity contribution in [1.82, 2.24) is 31.2 Å². The molecule has 0 radical (unpaired) electrons. The number of para-hydroxylation sites is 2. The lowest BCUT2D eigenvalue weighted by molar-refractivity contribution is -0.142. The number of aromatic nitrogens is 2. The van der Waals surface area contributed by atoms with E-state index in [0.717, 1.165) is 32.9 Å². The van der Waals surface area contributed by atoms with Crippen LogP contribution in [0, 0.1) is 0 Å². The minimum Gasteiger partial charge on any atom is -0.508 e. The number of hydrogen-bond acceptors (Lipinski definition) is 7. The Balaban J connectivity index is 1.19. The van der Waals surface area contributed by atoms with Gasteiger partial charge in [-0.25, -0.2) is 4.79 Å². The van der Waals surface area contributed by atoms with Gasteiger partial charge in [-0.1, -0.05) is 78.9 Å². The summed E-state index contributed by atoms with van der Waals surface area (Å²) in [5.74, 6) is -3.95. The summed E-state index contributed by atoms with van der Waals surface area (Å²) in [5.41, 5.74) is 10.8. The zero-order valence-corrected chi connectivity index (χ0v) is 31.2. The standard InChI is InChI=1S/C43H45N7O7/c1-25(47-41(54)36(21-28-23-45-34-13-7-5-11-31(28)34)49-40(53)33(44)19-26-9-3-2-4-10-26)39(52)48-37(22-29-24-46-35-14-8-6-12-32(29)35)42(55)50-38(43(56)57)20-27-15-17-30(51)18-16-27/h2-18,23-25,33,36-38,45-46,51H,19-22,44H2,1H3,(H,47,54)(H,48,52)(H,49,53)(H,50,55)(H,56,57)/t25-,33-,36-,37-,38-/m0/s1. The van der Waals surface area contributed by atoms with Gasteiger partial charge in [0.25, 0.3) is 0 Å². The van der Waals surface area contributed by atoms with Gasteiger partial charge >= 0.3 is 5.97 Å². The highest BCUT2D eigenvalue weighted by molar-refractivity contribution is 5.96. The largest absolute Gasteiger partial charge is 0.508 e. The first kappa shape index (κ1) is 39.8. The molecular formula is C43H45N7O7. The predicted molar refractivity (Wildman–Crippen MR) is 215 cm³/mol. The first-order valence-corrected chi connectivity index (χ1v) is 18.6. The lowest BCUT2D eigenvalue weighted by Gasteiger charge is -2.25. The number of carbonyl (C=O) groups is 5. The van der Waals surface area contributed by atoms with Gasteiger partial charge < -0.3 is 47.2 Å². The second-order valence-electron chi connectivity index (χ2n) is 14.0. The van der Waals surface area contributed by atoms with Crippen LogP contribution in [0.2, 0.25) is 0 Å². The zero-order chi connectivity index (χ0) is 40.5. The van der Waals surface area contributed by atoms with Gasteiger partial charge in [0.05, 0.1) is 6.04 Å². The molecule has 0 bridgehead atoms. The molecule has 0 fully saturated rings. The molecule has 0 aliphatic heterocycles. The highest BCUT2D eigenvalue weighted by Crippen LogP contribution is 2.21. The Morgan fingerprint density at radius 3 is 1.60 bits per heavy atom. The summed E-state index contributed by atoms with van der Waals surface area (Å²) in [6.45, 7) is 1.45. The van der Waals surface area contributed by atoms with E-state index in [1.807, 2.05) is 78.9 Å². The number of H-pyrrole nitrogens is 2. The molecule has 0 aliphatic carbocycles. The van der Waals surface area contributed by atoms with Crippen LogP contribution in [0.5, 0.6) is 5.75 Å². The zero-order valence-electron chi connectivity index (χ0n) is 31.2. The molecule has 10 N–H and O–H groups in total. The normalized spacial score (nSPS) is 13.9. The molecule has 0 saturated heterocycles. The fourth-order valence-electron chi connectivity index (χ4n) is 6.72. The summed E-state index contributed by atoms with van der Waals surface area (Å²) >= 11 is 0. The molecule has 5 atom stereocenters. The molecule has 4 amide bonds. The Bertz CT molecular complexity index is 2360. The molecule has 2 aromatic heterocycles. The van der Waals surface area contributed by atoms with Crippen LogP contribution in [-0.4, -0.2) is 80.0 Å². The van der Waals surface area contributed by atoms with E-state index in [4.69, 9.17) is 5.73 Å². The molecule has 6 aromatic rings. The van der Waals surface area contributed by atoms with Crippen LogP contribution in [0.25, 0.3) is 21.8 Å². The Hall–Kier alpha value is -6.93. The maximum Gasteiger partial charge on any atom is 0.326 e.